The van der Waals surface area contributed by atoms with E-state index in [9.17, 15) is 9.59 Å². The number of aryl methyl sites for hydroxylation is 2. The van der Waals surface area contributed by atoms with Gasteiger partial charge in [0.15, 0.2) is 23.7 Å². The van der Waals surface area contributed by atoms with Gasteiger partial charge in [-0.15, -0.1) is 0 Å². The quantitative estimate of drug-likeness (QED) is 0.258. The van der Waals surface area contributed by atoms with Crippen molar-refractivity contribution in [1.29, 1.82) is 0 Å². The lowest BCUT2D eigenvalue weighted by Crippen LogP contribution is -2.22. The van der Waals surface area contributed by atoms with Crippen LogP contribution in [0.3, 0.4) is 0 Å². The lowest BCUT2D eigenvalue weighted by molar-refractivity contribution is 0.100. The van der Waals surface area contributed by atoms with Crippen LogP contribution in [0.1, 0.15) is 34.2 Å². The Kier molecular flexibility index (Phi) is 8.37. The average Bonchev–Trinajstić information content (AvgIpc) is 3.58. The van der Waals surface area contributed by atoms with E-state index in [1.807, 2.05) is 55.5 Å². The normalized spacial score (nSPS) is 10.6. The first kappa shape index (κ1) is 27.3. The molecule has 0 spiro atoms. The molecule has 5 rings (SSSR count). The number of hydrogen-bond donors (Lipinski definition) is 2. The Balaban J connectivity index is 0.000000224. The van der Waals surface area contributed by atoms with Crippen LogP contribution < -0.4 is 17.0 Å². The van der Waals surface area contributed by atoms with Crippen LogP contribution in [-0.4, -0.2) is 31.5 Å². The van der Waals surface area contributed by atoms with Gasteiger partial charge in [0, 0.05) is 30.2 Å². The third-order valence-electron chi connectivity index (χ3n) is 5.85. The third-order valence-corrected chi connectivity index (χ3v) is 5.85. The largest absolute Gasteiger partial charge is 0.450 e. The fraction of sp³-hybridized carbons (Fsp3) is 0.100. The second-order valence-electron chi connectivity index (χ2n) is 8.44. The average molecular weight is 534 g/mol. The van der Waals surface area contributed by atoms with Gasteiger partial charge in [-0.2, -0.15) is 5.10 Å². The van der Waals surface area contributed by atoms with Gasteiger partial charge < -0.3 is 15.9 Å². The molecule has 0 aliphatic rings. The highest BCUT2D eigenvalue weighted by atomic mass is 16.3. The number of aromatic nitrogens is 4. The zero-order valence-electron chi connectivity index (χ0n) is 22.0. The summed E-state index contributed by atoms with van der Waals surface area (Å²) in [5.41, 5.74) is 13.7. The number of para-hydroxylation sites is 1. The van der Waals surface area contributed by atoms with Gasteiger partial charge in [0.05, 0.1) is 5.39 Å². The molecular weight excluding hydrogens is 506 g/mol. The van der Waals surface area contributed by atoms with Crippen LogP contribution in [0.25, 0.3) is 16.5 Å². The van der Waals surface area contributed by atoms with E-state index in [-0.39, 0.29) is 16.9 Å². The Morgan fingerprint density at radius 1 is 1.18 bits per heavy atom. The van der Waals surface area contributed by atoms with Crippen molar-refractivity contribution in [2.24, 2.45) is 17.8 Å². The molecule has 0 fully saturated rings. The van der Waals surface area contributed by atoms with Gasteiger partial charge in [-0.1, -0.05) is 55.8 Å². The first-order chi connectivity index (χ1) is 19.3. The lowest BCUT2D eigenvalue weighted by atomic mass is 10.0. The van der Waals surface area contributed by atoms with E-state index in [4.69, 9.17) is 15.9 Å². The van der Waals surface area contributed by atoms with E-state index in [1.165, 1.54) is 29.6 Å². The molecule has 0 bridgehead atoms. The zero-order valence-corrected chi connectivity index (χ0v) is 22.0. The van der Waals surface area contributed by atoms with Crippen molar-refractivity contribution in [1.82, 2.24) is 19.3 Å². The Bertz CT molecular complexity index is 1820. The number of carbonyl (C=O) groups excluding carboxylic acids is 1. The Morgan fingerprint density at radius 2 is 1.95 bits per heavy atom. The maximum absolute atomic E-state index is 13.4. The van der Waals surface area contributed by atoms with Crippen LogP contribution in [0.2, 0.25) is 0 Å². The topological polar surface area (TPSA) is 147 Å². The van der Waals surface area contributed by atoms with Gasteiger partial charge >= 0.3 is 0 Å². The molecule has 3 heterocycles. The number of nitrogen functional groups attached to an aromatic ring is 1. The van der Waals surface area contributed by atoms with Crippen LogP contribution in [0.15, 0.2) is 94.1 Å². The molecule has 200 valence electrons. The zero-order chi connectivity index (χ0) is 28.6. The smallest absolute Gasteiger partial charge is 0.264 e. The van der Waals surface area contributed by atoms with Crippen molar-refractivity contribution in [2.45, 2.75) is 13.3 Å². The van der Waals surface area contributed by atoms with Crippen LogP contribution >= 0.6 is 0 Å². The molecule has 0 aliphatic carbocycles. The number of primary amides is 1. The Morgan fingerprint density at radius 3 is 2.60 bits per heavy atom. The van der Waals surface area contributed by atoms with E-state index < -0.39 is 5.91 Å². The number of nitrogens with two attached hydrogens (primary N) is 2. The number of aliphatic imine (C=N–C) groups is 1. The Labute approximate surface area is 230 Å². The fourth-order valence-electron chi connectivity index (χ4n) is 4.09. The number of anilines is 1. The highest BCUT2D eigenvalue weighted by Gasteiger charge is 2.17. The summed E-state index contributed by atoms with van der Waals surface area (Å²) in [4.78, 5) is 32.3. The number of oxazole rings is 1. The summed E-state index contributed by atoms with van der Waals surface area (Å²) in [5, 5.41) is 5.34. The minimum Gasteiger partial charge on any atom is -0.450 e. The molecule has 10 heteroatoms. The molecule has 0 atom stereocenters. The summed E-state index contributed by atoms with van der Waals surface area (Å²) in [6.07, 6.45) is 6.49. The molecule has 0 radical (unpaired) electrons. The molecule has 0 aliphatic heterocycles. The summed E-state index contributed by atoms with van der Waals surface area (Å²) in [7, 11) is 1.62. The monoisotopic (exact) mass is 533 g/mol. The lowest BCUT2D eigenvalue weighted by Gasteiger charge is -2.14. The van der Waals surface area contributed by atoms with Crippen LogP contribution in [-0.2, 0) is 13.5 Å². The molecular formula is C30H27N7O3. The number of nitrogens with zero attached hydrogens (tertiary/aromatic N) is 5. The molecule has 4 N–H and O–H groups in total. The van der Waals surface area contributed by atoms with Crippen molar-refractivity contribution < 1.29 is 9.21 Å². The van der Waals surface area contributed by atoms with E-state index in [0.29, 0.717) is 22.5 Å². The molecule has 2 aromatic carbocycles. The Hall–Kier alpha value is -5.69. The predicted octanol–water partition coefficient (Wildman–Crippen LogP) is 3.93. The SMILES string of the molecule is C=C/C=N\c1c(C(N)=O)c(N)nn1C.CCc1cc2cccc(C#Cc3cocn3)c2c(=O)n1-c1ccccc1. The minimum atomic E-state index is -0.646. The number of rotatable bonds is 5. The van der Waals surface area contributed by atoms with Gasteiger partial charge in [0.1, 0.15) is 11.8 Å². The van der Waals surface area contributed by atoms with Gasteiger partial charge in [-0.3, -0.25) is 14.2 Å². The van der Waals surface area contributed by atoms with E-state index in [2.05, 4.69) is 39.6 Å². The number of fused-ring (bicyclic) bond motifs is 1. The summed E-state index contributed by atoms with van der Waals surface area (Å²) in [5.74, 6) is 5.77. The minimum absolute atomic E-state index is 0.0596. The van der Waals surface area contributed by atoms with Crippen molar-refractivity contribution >= 4 is 34.5 Å². The number of benzene rings is 2. The summed E-state index contributed by atoms with van der Waals surface area (Å²) >= 11 is 0. The van der Waals surface area contributed by atoms with Crippen molar-refractivity contribution in [3.8, 4) is 17.5 Å². The third kappa shape index (κ3) is 5.74. The van der Waals surface area contributed by atoms with Crippen molar-refractivity contribution in [2.75, 3.05) is 5.73 Å². The van der Waals surface area contributed by atoms with Crippen LogP contribution in [0, 0.1) is 11.8 Å². The fourth-order valence-corrected chi connectivity index (χ4v) is 4.09. The highest BCUT2D eigenvalue weighted by Crippen LogP contribution is 2.23. The van der Waals surface area contributed by atoms with Crippen molar-refractivity contribution in [3.05, 3.63) is 113 Å². The van der Waals surface area contributed by atoms with E-state index >= 15 is 0 Å². The molecule has 0 saturated carbocycles. The number of amides is 1. The first-order valence-corrected chi connectivity index (χ1v) is 12.3. The number of allylic oxidation sites excluding steroid dienone is 1. The maximum Gasteiger partial charge on any atom is 0.264 e. The van der Waals surface area contributed by atoms with E-state index in [0.717, 1.165) is 23.2 Å². The highest BCUT2D eigenvalue weighted by molar-refractivity contribution is 6.02. The summed E-state index contributed by atoms with van der Waals surface area (Å²) in [6.45, 7) is 5.51. The molecule has 5 aromatic rings. The van der Waals surface area contributed by atoms with Gasteiger partial charge in [0.25, 0.3) is 11.5 Å². The second kappa shape index (κ2) is 12.2. The number of carbonyl (C=O) groups is 1. The standard InChI is InChI=1S/C22H16N2O2.C8H11N5O/c1-2-19-13-17-8-6-7-16(11-12-18-14-26-15-23-18)21(17)22(25)24(19)20-9-4-3-5-10-20;1-3-4-11-8-5(7(10)14)6(9)12-13(8)2/h3-10,13-15H,2H2,1H3;3-4H,1H2,2H3,(H2,9,12)(H2,10,14)/b;11-4-. The first-order valence-electron chi connectivity index (χ1n) is 12.3. The van der Waals surface area contributed by atoms with Crippen LogP contribution in [0.4, 0.5) is 11.6 Å². The molecule has 1 amide bonds. The molecule has 0 unspecified atom stereocenters. The molecule has 3 aromatic heterocycles. The molecule has 10 nitrogen and oxygen atoms in total. The van der Waals surface area contributed by atoms with E-state index in [1.54, 1.807) is 11.6 Å². The number of pyridine rings is 1. The van der Waals surface area contributed by atoms with Gasteiger partial charge in [-0.05, 0) is 42.0 Å². The second-order valence-corrected chi connectivity index (χ2v) is 8.44. The van der Waals surface area contributed by atoms with Crippen LogP contribution in [0.5, 0.6) is 0 Å². The predicted molar refractivity (Wildman–Crippen MR) is 156 cm³/mol. The van der Waals surface area contributed by atoms with Crippen molar-refractivity contribution in [3.63, 3.8) is 0 Å². The van der Waals surface area contributed by atoms with Gasteiger partial charge in [0.2, 0.25) is 0 Å². The summed E-state index contributed by atoms with van der Waals surface area (Å²) in [6, 6.07) is 17.5. The van der Waals surface area contributed by atoms with Gasteiger partial charge in [-0.25, -0.2) is 14.7 Å². The number of hydrogen-bond acceptors (Lipinski definition) is 7. The molecule has 40 heavy (non-hydrogen) atoms. The molecule has 0 saturated heterocycles. The maximum atomic E-state index is 13.4. The summed E-state index contributed by atoms with van der Waals surface area (Å²) < 4.78 is 8.09.